The molecule has 0 radical (unpaired) electrons. The van der Waals surface area contributed by atoms with Crippen LogP contribution in [0.4, 0.5) is 0 Å². The van der Waals surface area contributed by atoms with Gasteiger partial charge in [0.1, 0.15) is 0 Å². The van der Waals surface area contributed by atoms with E-state index in [0.29, 0.717) is 11.5 Å². The van der Waals surface area contributed by atoms with Crippen LogP contribution < -0.4 is 5.32 Å². The van der Waals surface area contributed by atoms with E-state index in [1.807, 2.05) is 0 Å². The first-order valence-corrected chi connectivity index (χ1v) is 3.78. The molecule has 9 heavy (non-hydrogen) atoms. The highest BCUT2D eigenvalue weighted by Gasteiger charge is 2.45. The van der Waals surface area contributed by atoms with Crippen LogP contribution in [0.3, 0.4) is 0 Å². The molecule has 1 nitrogen and oxygen atoms in total. The summed E-state index contributed by atoms with van der Waals surface area (Å²) in [5.41, 5.74) is 0.588. The molecule has 1 unspecified atom stereocenters. The third-order valence-electron chi connectivity index (χ3n) is 2.05. The molecular formula is C8H17N. The highest BCUT2D eigenvalue weighted by atomic mass is 15.0. The zero-order valence-electron chi connectivity index (χ0n) is 6.86. The van der Waals surface area contributed by atoms with Crippen molar-refractivity contribution in [2.45, 2.75) is 46.2 Å². The van der Waals surface area contributed by atoms with Gasteiger partial charge in [0.25, 0.3) is 0 Å². The lowest BCUT2D eigenvalue weighted by atomic mass is 10.2. The van der Waals surface area contributed by atoms with Crippen LogP contribution >= 0.6 is 0 Å². The van der Waals surface area contributed by atoms with Gasteiger partial charge in [-0.1, -0.05) is 27.7 Å². The third-order valence-corrected chi connectivity index (χ3v) is 2.05. The Bertz CT molecular complexity index is 105. The Labute approximate surface area is 57.8 Å². The summed E-state index contributed by atoms with van der Waals surface area (Å²) in [5, 5.41) is 3.51. The van der Waals surface area contributed by atoms with Crippen molar-refractivity contribution in [3.8, 4) is 0 Å². The fourth-order valence-electron chi connectivity index (χ4n) is 1.15. The van der Waals surface area contributed by atoms with Gasteiger partial charge in [0.05, 0.1) is 0 Å². The van der Waals surface area contributed by atoms with E-state index in [1.54, 1.807) is 0 Å². The number of hydrogen-bond acceptors (Lipinski definition) is 1. The summed E-state index contributed by atoms with van der Waals surface area (Å²) < 4.78 is 0. The smallest absolute Gasteiger partial charge is 0.0127 e. The lowest BCUT2D eigenvalue weighted by molar-refractivity contribution is 0.500. The largest absolute Gasteiger partial charge is 0.311 e. The van der Waals surface area contributed by atoms with Gasteiger partial charge in [0, 0.05) is 12.1 Å². The Hall–Kier alpha value is -0.0400. The molecule has 1 atom stereocenters. The van der Waals surface area contributed by atoms with Gasteiger partial charge in [0.15, 0.2) is 0 Å². The number of nitrogens with one attached hydrogen (secondary N) is 1. The van der Waals surface area contributed by atoms with Crippen LogP contribution in [0.25, 0.3) is 0 Å². The molecule has 0 heterocycles. The maximum absolute atomic E-state index is 3.51. The Balaban J connectivity index is 2.20. The summed E-state index contributed by atoms with van der Waals surface area (Å²) in [6.45, 7) is 9.03. The van der Waals surface area contributed by atoms with Gasteiger partial charge < -0.3 is 5.32 Å². The van der Waals surface area contributed by atoms with Crippen molar-refractivity contribution in [3.63, 3.8) is 0 Å². The summed E-state index contributed by atoms with van der Waals surface area (Å²) in [5.74, 6) is 0. The Morgan fingerprint density at radius 3 is 2.00 bits per heavy atom. The molecule has 1 saturated carbocycles. The van der Waals surface area contributed by atoms with Crippen molar-refractivity contribution < 1.29 is 0 Å². The Morgan fingerprint density at radius 1 is 1.44 bits per heavy atom. The average molecular weight is 127 g/mol. The SMILES string of the molecule is CC(C)NC1CC1(C)C. The van der Waals surface area contributed by atoms with Crippen LogP contribution in [0.2, 0.25) is 0 Å². The maximum Gasteiger partial charge on any atom is 0.0127 e. The molecule has 1 N–H and O–H groups in total. The zero-order valence-corrected chi connectivity index (χ0v) is 6.86. The summed E-state index contributed by atoms with van der Waals surface area (Å²) in [7, 11) is 0. The Morgan fingerprint density at radius 2 is 1.89 bits per heavy atom. The minimum Gasteiger partial charge on any atom is -0.311 e. The number of rotatable bonds is 2. The second kappa shape index (κ2) is 1.98. The highest BCUT2D eigenvalue weighted by Crippen LogP contribution is 2.44. The molecule has 1 fully saturated rings. The van der Waals surface area contributed by atoms with Gasteiger partial charge in [-0.15, -0.1) is 0 Å². The second-order valence-electron chi connectivity index (χ2n) is 4.07. The van der Waals surface area contributed by atoms with Crippen molar-refractivity contribution in [3.05, 3.63) is 0 Å². The highest BCUT2D eigenvalue weighted by molar-refractivity contribution is 5.01. The van der Waals surface area contributed by atoms with E-state index in [2.05, 4.69) is 33.0 Å². The molecule has 0 bridgehead atoms. The standard InChI is InChI=1S/C8H17N/c1-6(2)9-7-5-8(7,3)4/h6-7,9H,5H2,1-4H3. The molecule has 0 aromatic heterocycles. The molecule has 0 aromatic rings. The summed E-state index contributed by atoms with van der Waals surface area (Å²) in [6, 6.07) is 1.44. The van der Waals surface area contributed by atoms with Gasteiger partial charge in [0.2, 0.25) is 0 Å². The monoisotopic (exact) mass is 127 g/mol. The van der Waals surface area contributed by atoms with E-state index in [-0.39, 0.29) is 0 Å². The Kier molecular flexibility index (Phi) is 1.55. The van der Waals surface area contributed by atoms with Crippen molar-refractivity contribution in [2.24, 2.45) is 5.41 Å². The fraction of sp³-hybridized carbons (Fsp3) is 1.00. The predicted octanol–water partition coefficient (Wildman–Crippen LogP) is 1.78. The lowest BCUT2D eigenvalue weighted by Crippen LogP contribution is -2.27. The number of hydrogen-bond donors (Lipinski definition) is 1. The molecule has 1 heteroatoms. The van der Waals surface area contributed by atoms with Gasteiger partial charge in [-0.25, -0.2) is 0 Å². The second-order valence-corrected chi connectivity index (χ2v) is 4.07. The van der Waals surface area contributed by atoms with Crippen LogP contribution in [-0.4, -0.2) is 12.1 Å². The van der Waals surface area contributed by atoms with Crippen molar-refractivity contribution in [1.82, 2.24) is 5.32 Å². The molecule has 0 spiro atoms. The fourth-order valence-corrected chi connectivity index (χ4v) is 1.15. The van der Waals surface area contributed by atoms with Gasteiger partial charge in [-0.2, -0.15) is 0 Å². The average Bonchev–Trinajstić information content (AvgIpc) is 2.10. The van der Waals surface area contributed by atoms with E-state index in [9.17, 15) is 0 Å². The van der Waals surface area contributed by atoms with Crippen LogP contribution in [0.1, 0.15) is 34.1 Å². The van der Waals surface area contributed by atoms with Crippen LogP contribution in [0.15, 0.2) is 0 Å². The molecule has 1 rings (SSSR count). The van der Waals surface area contributed by atoms with E-state index >= 15 is 0 Å². The normalized spacial score (nSPS) is 31.0. The van der Waals surface area contributed by atoms with E-state index in [4.69, 9.17) is 0 Å². The topological polar surface area (TPSA) is 12.0 Å². The van der Waals surface area contributed by atoms with E-state index in [1.165, 1.54) is 6.42 Å². The lowest BCUT2D eigenvalue weighted by Gasteiger charge is -2.08. The molecule has 0 saturated heterocycles. The summed E-state index contributed by atoms with van der Waals surface area (Å²) in [6.07, 6.45) is 1.35. The van der Waals surface area contributed by atoms with Crippen LogP contribution in [-0.2, 0) is 0 Å². The van der Waals surface area contributed by atoms with Gasteiger partial charge >= 0.3 is 0 Å². The molecule has 54 valence electrons. The van der Waals surface area contributed by atoms with Gasteiger partial charge in [-0.05, 0) is 11.8 Å². The van der Waals surface area contributed by atoms with Crippen molar-refractivity contribution in [2.75, 3.05) is 0 Å². The molecule has 0 aromatic carbocycles. The van der Waals surface area contributed by atoms with E-state index < -0.39 is 0 Å². The molecular weight excluding hydrogens is 110 g/mol. The van der Waals surface area contributed by atoms with Crippen molar-refractivity contribution in [1.29, 1.82) is 0 Å². The molecule has 0 aliphatic heterocycles. The summed E-state index contributed by atoms with van der Waals surface area (Å²) >= 11 is 0. The first-order valence-electron chi connectivity index (χ1n) is 3.78. The third kappa shape index (κ3) is 1.68. The quantitative estimate of drug-likeness (QED) is 0.596. The van der Waals surface area contributed by atoms with Crippen molar-refractivity contribution >= 4 is 0 Å². The first-order chi connectivity index (χ1) is 4.02. The maximum atomic E-state index is 3.51. The van der Waals surface area contributed by atoms with Crippen LogP contribution in [0, 0.1) is 5.41 Å². The van der Waals surface area contributed by atoms with Crippen LogP contribution in [0.5, 0.6) is 0 Å². The predicted molar refractivity (Wildman–Crippen MR) is 40.5 cm³/mol. The molecule has 0 amide bonds. The minimum absolute atomic E-state index is 0.588. The van der Waals surface area contributed by atoms with E-state index in [0.717, 1.165) is 6.04 Å². The zero-order chi connectivity index (χ0) is 7.07. The molecule has 1 aliphatic carbocycles. The van der Waals surface area contributed by atoms with Gasteiger partial charge in [-0.3, -0.25) is 0 Å². The molecule has 1 aliphatic rings. The first kappa shape index (κ1) is 7.07. The minimum atomic E-state index is 0.588. The summed E-state index contributed by atoms with van der Waals surface area (Å²) in [4.78, 5) is 0.